The van der Waals surface area contributed by atoms with Crippen LogP contribution in [0.5, 0.6) is 0 Å². The molecule has 1 N–H and O–H groups in total. The molecule has 0 saturated carbocycles. The molecular formula is C10H16O2. The maximum atomic E-state index is 8.57. The zero-order valence-corrected chi connectivity index (χ0v) is 7.76. The van der Waals surface area contributed by atoms with Crippen LogP contribution < -0.4 is 0 Å². The summed E-state index contributed by atoms with van der Waals surface area (Å²) in [6.45, 7) is 7.94. The molecule has 0 heterocycles. The largest absolute Gasteiger partial charge is 0.345 e. The van der Waals surface area contributed by atoms with Crippen LogP contribution in [0.2, 0.25) is 0 Å². The topological polar surface area (TPSA) is 29.5 Å². The van der Waals surface area contributed by atoms with Crippen molar-refractivity contribution in [2.24, 2.45) is 5.92 Å². The predicted octanol–water partition coefficient (Wildman–Crippen LogP) is 3.13. The summed E-state index contributed by atoms with van der Waals surface area (Å²) in [5.74, 6) is 1.21. The van der Waals surface area contributed by atoms with Gasteiger partial charge in [-0.05, 0) is 38.2 Å². The summed E-state index contributed by atoms with van der Waals surface area (Å²) in [7, 11) is 0. The van der Waals surface area contributed by atoms with Crippen molar-refractivity contribution in [1.82, 2.24) is 0 Å². The second kappa shape index (κ2) is 3.76. The Balaban J connectivity index is 2.67. The van der Waals surface area contributed by atoms with E-state index in [-0.39, 0.29) is 0 Å². The molecule has 0 saturated heterocycles. The standard InChI is InChI=1S/C10H16O2/c1-7(2)9-5-4-8(3)10(6-9)12-11/h9,11H,1,4-6H2,2-3H3/t9-/m1/s1. The molecule has 2 heteroatoms. The number of hydrogen-bond acceptors (Lipinski definition) is 2. The van der Waals surface area contributed by atoms with Gasteiger partial charge < -0.3 is 4.89 Å². The van der Waals surface area contributed by atoms with E-state index >= 15 is 0 Å². The third kappa shape index (κ3) is 1.89. The lowest BCUT2D eigenvalue weighted by molar-refractivity contribution is -0.208. The van der Waals surface area contributed by atoms with E-state index in [0.29, 0.717) is 5.92 Å². The second-order valence-electron chi connectivity index (χ2n) is 3.58. The fraction of sp³-hybridized carbons (Fsp3) is 0.600. The molecule has 0 unspecified atom stereocenters. The molecule has 0 amide bonds. The van der Waals surface area contributed by atoms with Crippen LogP contribution >= 0.6 is 0 Å². The van der Waals surface area contributed by atoms with Gasteiger partial charge in [0.05, 0.1) is 0 Å². The lowest BCUT2D eigenvalue weighted by atomic mass is 9.85. The van der Waals surface area contributed by atoms with Crippen LogP contribution in [-0.4, -0.2) is 5.26 Å². The van der Waals surface area contributed by atoms with Crippen LogP contribution in [0.15, 0.2) is 23.5 Å². The molecule has 0 aromatic heterocycles. The summed E-state index contributed by atoms with van der Waals surface area (Å²) in [6.07, 6.45) is 2.94. The molecule has 1 rings (SSSR count). The molecule has 0 radical (unpaired) electrons. The Hall–Kier alpha value is -0.760. The Morgan fingerprint density at radius 1 is 1.67 bits per heavy atom. The lowest BCUT2D eigenvalue weighted by Crippen LogP contribution is -2.11. The molecule has 1 aliphatic rings. The lowest BCUT2D eigenvalue weighted by Gasteiger charge is -2.23. The molecule has 2 nitrogen and oxygen atoms in total. The Kier molecular flexibility index (Phi) is 2.93. The zero-order chi connectivity index (χ0) is 9.14. The first-order valence-electron chi connectivity index (χ1n) is 4.30. The molecule has 0 aromatic carbocycles. The maximum Gasteiger partial charge on any atom is 0.141 e. The van der Waals surface area contributed by atoms with E-state index in [4.69, 9.17) is 5.26 Å². The first-order valence-corrected chi connectivity index (χ1v) is 4.30. The van der Waals surface area contributed by atoms with E-state index in [9.17, 15) is 0 Å². The molecule has 0 aromatic rings. The number of allylic oxidation sites excluding steroid dienone is 3. The van der Waals surface area contributed by atoms with E-state index in [0.717, 1.165) is 30.6 Å². The van der Waals surface area contributed by atoms with Gasteiger partial charge >= 0.3 is 0 Å². The average Bonchev–Trinajstić information content (AvgIpc) is 2.05. The highest BCUT2D eigenvalue weighted by Gasteiger charge is 2.20. The third-order valence-electron chi connectivity index (χ3n) is 2.58. The minimum atomic E-state index is 0.482. The van der Waals surface area contributed by atoms with E-state index in [1.54, 1.807) is 0 Å². The fourth-order valence-corrected chi connectivity index (χ4v) is 1.57. The highest BCUT2D eigenvalue weighted by atomic mass is 17.1. The van der Waals surface area contributed by atoms with Gasteiger partial charge in [0.1, 0.15) is 5.76 Å². The highest BCUT2D eigenvalue weighted by molar-refractivity contribution is 5.14. The summed E-state index contributed by atoms with van der Waals surface area (Å²) >= 11 is 0. The van der Waals surface area contributed by atoms with Gasteiger partial charge in [0.15, 0.2) is 0 Å². The van der Waals surface area contributed by atoms with Crippen LogP contribution in [0.25, 0.3) is 0 Å². The third-order valence-corrected chi connectivity index (χ3v) is 2.58. The molecule has 12 heavy (non-hydrogen) atoms. The zero-order valence-electron chi connectivity index (χ0n) is 7.76. The molecule has 0 aliphatic heterocycles. The van der Waals surface area contributed by atoms with Crippen molar-refractivity contribution in [2.45, 2.75) is 33.1 Å². The molecule has 0 spiro atoms. The molecule has 1 aliphatic carbocycles. The average molecular weight is 168 g/mol. The van der Waals surface area contributed by atoms with Gasteiger partial charge in [-0.25, -0.2) is 5.26 Å². The van der Waals surface area contributed by atoms with Gasteiger partial charge in [0.25, 0.3) is 0 Å². The predicted molar refractivity (Wildman–Crippen MR) is 48.6 cm³/mol. The van der Waals surface area contributed by atoms with Gasteiger partial charge in [0.2, 0.25) is 0 Å². The minimum Gasteiger partial charge on any atom is -0.345 e. The Labute approximate surface area is 73.5 Å². The van der Waals surface area contributed by atoms with Crippen LogP contribution in [0.3, 0.4) is 0 Å². The van der Waals surface area contributed by atoms with E-state index in [1.807, 2.05) is 13.8 Å². The normalized spacial score (nSPS) is 24.1. The van der Waals surface area contributed by atoms with Gasteiger partial charge in [-0.15, -0.1) is 0 Å². The van der Waals surface area contributed by atoms with Crippen LogP contribution in [0, 0.1) is 5.92 Å². The van der Waals surface area contributed by atoms with Crippen molar-refractivity contribution in [2.75, 3.05) is 0 Å². The van der Waals surface area contributed by atoms with Crippen molar-refractivity contribution >= 4 is 0 Å². The first-order chi connectivity index (χ1) is 5.65. The summed E-state index contributed by atoms with van der Waals surface area (Å²) in [6, 6.07) is 0. The summed E-state index contributed by atoms with van der Waals surface area (Å²) in [5, 5.41) is 8.57. The number of hydrogen-bond donors (Lipinski definition) is 1. The summed E-state index contributed by atoms with van der Waals surface area (Å²) < 4.78 is 0. The van der Waals surface area contributed by atoms with E-state index in [2.05, 4.69) is 11.5 Å². The molecule has 68 valence electrons. The quantitative estimate of drug-likeness (QED) is 0.390. The van der Waals surface area contributed by atoms with Crippen molar-refractivity contribution in [1.29, 1.82) is 0 Å². The number of rotatable bonds is 2. The second-order valence-corrected chi connectivity index (χ2v) is 3.58. The maximum absolute atomic E-state index is 8.57. The van der Waals surface area contributed by atoms with Gasteiger partial charge in [-0.1, -0.05) is 12.2 Å². The van der Waals surface area contributed by atoms with Crippen molar-refractivity contribution in [3.63, 3.8) is 0 Å². The summed E-state index contributed by atoms with van der Waals surface area (Å²) in [5.41, 5.74) is 2.34. The van der Waals surface area contributed by atoms with Crippen molar-refractivity contribution in [3.8, 4) is 0 Å². The van der Waals surface area contributed by atoms with E-state index in [1.165, 1.54) is 5.57 Å². The highest BCUT2D eigenvalue weighted by Crippen LogP contribution is 2.32. The molecular weight excluding hydrogens is 152 g/mol. The van der Waals surface area contributed by atoms with Crippen LogP contribution in [0.4, 0.5) is 0 Å². The van der Waals surface area contributed by atoms with Gasteiger partial charge in [-0.2, -0.15) is 0 Å². The van der Waals surface area contributed by atoms with Gasteiger partial charge in [0, 0.05) is 6.42 Å². The monoisotopic (exact) mass is 168 g/mol. The Morgan fingerprint density at radius 2 is 2.33 bits per heavy atom. The molecule has 1 atom stereocenters. The summed E-state index contributed by atoms with van der Waals surface area (Å²) in [4.78, 5) is 4.32. The first kappa shape index (κ1) is 9.33. The van der Waals surface area contributed by atoms with Crippen LogP contribution in [-0.2, 0) is 4.89 Å². The van der Waals surface area contributed by atoms with Crippen molar-refractivity contribution in [3.05, 3.63) is 23.5 Å². The minimum absolute atomic E-state index is 0.482. The Bertz CT molecular complexity index is 216. The smallest absolute Gasteiger partial charge is 0.141 e. The fourth-order valence-electron chi connectivity index (χ4n) is 1.57. The van der Waals surface area contributed by atoms with E-state index < -0.39 is 0 Å². The SMILES string of the molecule is C=C(C)[C@@H]1CCC(C)=C(OO)C1. The molecule has 0 fully saturated rings. The van der Waals surface area contributed by atoms with Crippen LogP contribution in [0.1, 0.15) is 33.1 Å². The van der Waals surface area contributed by atoms with Crippen molar-refractivity contribution < 1.29 is 10.1 Å². The van der Waals surface area contributed by atoms with Gasteiger partial charge in [-0.3, -0.25) is 0 Å². The Morgan fingerprint density at radius 3 is 2.83 bits per heavy atom. The molecule has 0 bridgehead atoms.